The molecule has 0 aromatic heterocycles. The highest BCUT2D eigenvalue weighted by Gasteiger charge is 2.12. The maximum Gasteiger partial charge on any atom is 0.125 e. The number of hydrogen-bond donors (Lipinski definition) is 1. The highest BCUT2D eigenvalue weighted by atomic mass is 32.2. The van der Waals surface area contributed by atoms with E-state index in [4.69, 9.17) is 4.74 Å². The highest BCUT2D eigenvalue weighted by Crippen LogP contribution is 2.33. The van der Waals surface area contributed by atoms with Crippen molar-refractivity contribution in [2.75, 3.05) is 13.4 Å². The van der Waals surface area contributed by atoms with Crippen LogP contribution in [-0.4, -0.2) is 18.5 Å². The van der Waals surface area contributed by atoms with E-state index in [9.17, 15) is 5.11 Å². The van der Waals surface area contributed by atoms with Crippen molar-refractivity contribution in [3.63, 3.8) is 0 Å². The predicted molar refractivity (Wildman–Crippen MR) is 55.4 cm³/mol. The van der Waals surface area contributed by atoms with Gasteiger partial charge in [0.05, 0.1) is 13.2 Å². The Labute approximate surface area is 82.9 Å². The molecule has 13 heavy (non-hydrogen) atoms. The zero-order valence-electron chi connectivity index (χ0n) is 8.07. The van der Waals surface area contributed by atoms with Crippen LogP contribution in [-0.2, 0) is 0 Å². The van der Waals surface area contributed by atoms with E-state index in [0.29, 0.717) is 0 Å². The highest BCUT2D eigenvalue weighted by molar-refractivity contribution is 7.98. The zero-order chi connectivity index (χ0) is 9.84. The van der Waals surface area contributed by atoms with E-state index in [0.717, 1.165) is 16.2 Å². The Morgan fingerprint density at radius 1 is 1.46 bits per heavy atom. The third kappa shape index (κ3) is 2.17. The number of benzene rings is 1. The number of methoxy groups -OCH3 is 1. The van der Waals surface area contributed by atoms with Crippen molar-refractivity contribution in [2.45, 2.75) is 17.9 Å². The van der Waals surface area contributed by atoms with Gasteiger partial charge in [0.2, 0.25) is 0 Å². The summed E-state index contributed by atoms with van der Waals surface area (Å²) in [6.07, 6.45) is 1.50. The third-order valence-electron chi connectivity index (χ3n) is 1.88. The minimum absolute atomic E-state index is 0.487. The molecule has 3 heteroatoms. The van der Waals surface area contributed by atoms with Crippen LogP contribution < -0.4 is 4.74 Å². The van der Waals surface area contributed by atoms with Crippen molar-refractivity contribution in [1.29, 1.82) is 0 Å². The number of aliphatic hydroxyl groups excluding tert-OH is 1. The van der Waals surface area contributed by atoms with Crippen LogP contribution in [0.5, 0.6) is 5.75 Å². The minimum atomic E-state index is -0.487. The Morgan fingerprint density at radius 3 is 2.62 bits per heavy atom. The number of ether oxygens (including phenoxy) is 1. The van der Waals surface area contributed by atoms with Gasteiger partial charge >= 0.3 is 0 Å². The first kappa shape index (κ1) is 10.4. The van der Waals surface area contributed by atoms with Crippen LogP contribution in [0.3, 0.4) is 0 Å². The summed E-state index contributed by atoms with van der Waals surface area (Å²) in [5.74, 6) is 0.752. The zero-order valence-corrected chi connectivity index (χ0v) is 8.89. The summed E-state index contributed by atoms with van der Waals surface area (Å²) < 4.78 is 5.18. The lowest BCUT2D eigenvalue weighted by atomic mass is 10.1. The monoisotopic (exact) mass is 198 g/mol. The molecule has 72 valence electrons. The Morgan fingerprint density at radius 2 is 2.15 bits per heavy atom. The fourth-order valence-electron chi connectivity index (χ4n) is 1.29. The molecule has 0 aliphatic rings. The van der Waals surface area contributed by atoms with Gasteiger partial charge in [-0.05, 0) is 25.3 Å². The summed E-state index contributed by atoms with van der Waals surface area (Å²) in [5.41, 5.74) is 0.873. The van der Waals surface area contributed by atoms with Crippen LogP contribution in [0, 0.1) is 0 Å². The van der Waals surface area contributed by atoms with Gasteiger partial charge in [-0.15, -0.1) is 11.8 Å². The molecule has 1 atom stereocenters. The van der Waals surface area contributed by atoms with E-state index >= 15 is 0 Å². The van der Waals surface area contributed by atoms with Gasteiger partial charge in [0, 0.05) is 10.5 Å². The van der Waals surface area contributed by atoms with E-state index in [1.165, 1.54) is 0 Å². The molecule has 0 fully saturated rings. The largest absolute Gasteiger partial charge is 0.496 e. The third-order valence-corrected chi connectivity index (χ3v) is 2.68. The molecular formula is C10H14O2S. The van der Waals surface area contributed by atoms with Crippen LogP contribution in [0.4, 0.5) is 0 Å². The van der Waals surface area contributed by atoms with Crippen molar-refractivity contribution in [2.24, 2.45) is 0 Å². The van der Waals surface area contributed by atoms with Gasteiger partial charge in [-0.1, -0.05) is 6.07 Å². The Hall–Kier alpha value is -0.670. The average Bonchev–Trinajstić information content (AvgIpc) is 2.16. The molecule has 1 aromatic carbocycles. The number of rotatable bonds is 3. The van der Waals surface area contributed by atoms with Crippen molar-refractivity contribution < 1.29 is 9.84 Å². The molecule has 0 bridgehead atoms. The van der Waals surface area contributed by atoms with Gasteiger partial charge in [-0.25, -0.2) is 0 Å². The molecule has 0 spiro atoms. The molecule has 1 N–H and O–H groups in total. The Balaban J connectivity index is 3.21. The first-order valence-corrected chi connectivity index (χ1v) is 5.32. The minimum Gasteiger partial charge on any atom is -0.496 e. The quantitative estimate of drug-likeness (QED) is 0.757. The molecule has 1 rings (SSSR count). The molecule has 0 saturated carbocycles. The van der Waals surface area contributed by atoms with Crippen molar-refractivity contribution in [1.82, 2.24) is 0 Å². The molecule has 0 unspecified atom stereocenters. The standard InChI is InChI=1S/C10H14O2S/c1-7(11)10-8(12-2)5-4-6-9(10)13-3/h4-7,11H,1-3H3/t7-/m1/s1. The van der Waals surface area contributed by atoms with Gasteiger partial charge < -0.3 is 9.84 Å². The number of hydrogen-bond acceptors (Lipinski definition) is 3. The molecular weight excluding hydrogens is 184 g/mol. The van der Waals surface area contributed by atoms with Crippen LogP contribution >= 0.6 is 11.8 Å². The van der Waals surface area contributed by atoms with E-state index in [-0.39, 0.29) is 0 Å². The molecule has 0 aliphatic heterocycles. The molecule has 0 amide bonds. The van der Waals surface area contributed by atoms with Crippen LogP contribution in [0.15, 0.2) is 23.1 Å². The summed E-state index contributed by atoms with van der Waals surface area (Å²) in [6.45, 7) is 1.75. The van der Waals surface area contributed by atoms with Crippen LogP contribution in [0.2, 0.25) is 0 Å². The fourth-order valence-corrected chi connectivity index (χ4v) is 2.00. The normalized spacial score (nSPS) is 12.6. The first-order valence-electron chi connectivity index (χ1n) is 4.09. The van der Waals surface area contributed by atoms with Gasteiger partial charge in [-0.3, -0.25) is 0 Å². The lowest BCUT2D eigenvalue weighted by molar-refractivity contribution is 0.191. The summed E-state index contributed by atoms with van der Waals surface area (Å²) in [5, 5.41) is 9.55. The molecule has 2 nitrogen and oxygen atoms in total. The fraction of sp³-hybridized carbons (Fsp3) is 0.400. The van der Waals surface area contributed by atoms with E-state index in [2.05, 4.69) is 0 Å². The maximum absolute atomic E-state index is 9.55. The number of thioether (sulfide) groups is 1. The summed E-state index contributed by atoms with van der Waals surface area (Å²) >= 11 is 1.61. The second kappa shape index (κ2) is 4.53. The van der Waals surface area contributed by atoms with Crippen LogP contribution in [0.25, 0.3) is 0 Å². The summed E-state index contributed by atoms with van der Waals surface area (Å²) in [6, 6.07) is 5.77. The number of aliphatic hydroxyl groups is 1. The Kier molecular flexibility index (Phi) is 3.63. The van der Waals surface area contributed by atoms with Crippen molar-refractivity contribution >= 4 is 11.8 Å². The average molecular weight is 198 g/mol. The SMILES string of the molecule is COc1cccc(SC)c1[C@@H](C)O. The van der Waals surface area contributed by atoms with E-state index < -0.39 is 6.10 Å². The van der Waals surface area contributed by atoms with Crippen molar-refractivity contribution in [3.05, 3.63) is 23.8 Å². The van der Waals surface area contributed by atoms with Crippen LogP contribution in [0.1, 0.15) is 18.6 Å². The smallest absolute Gasteiger partial charge is 0.125 e. The topological polar surface area (TPSA) is 29.5 Å². The Bertz CT molecular complexity index is 262. The van der Waals surface area contributed by atoms with Gasteiger partial charge in [0.25, 0.3) is 0 Å². The molecule has 0 saturated heterocycles. The summed E-state index contributed by atoms with van der Waals surface area (Å²) in [7, 11) is 1.62. The lowest BCUT2D eigenvalue weighted by Crippen LogP contribution is -1.98. The molecule has 0 radical (unpaired) electrons. The molecule has 0 heterocycles. The predicted octanol–water partition coefficient (Wildman–Crippen LogP) is 2.47. The van der Waals surface area contributed by atoms with E-state index in [1.54, 1.807) is 25.8 Å². The lowest BCUT2D eigenvalue weighted by Gasteiger charge is -2.14. The second-order valence-electron chi connectivity index (χ2n) is 2.75. The van der Waals surface area contributed by atoms with Crippen molar-refractivity contribution in [3.8, 4) is 5.75 Å². The van der Waals surface area contributed by atoms with E-state index in [1.807, 2.05) is 24.5 Å². The van der Waals surface area contributed by atoms with Gasteiger partial charge in [0.15, 0.2) is 0 Å². The molecule has 1 aromatic rings. The molecule has 0 aliphatic carbocycles. The maximum atomic E-state index is 9.55. The summed E-state index contributed by atoms with van der Waals surface area (Å²) in [4.78, 5) is 1.06. The van der Waals surface area contributed by atoms with Gasteiger partial charge in [-0.2, -0.15) is 0 Å². The van der Waals surface area contributed by atoms with Gasteiger partial charge in [0.1, 0.15) is 5.75 Å². The second-order valence-corrected chi connectivity index (χ2v) is 3.60. The first-order chi connectivity index (χ1) is 6.20.